The number of thiazole rings is 1. The van der Waals surface area contributed by atoms with E-state index in [0.717, 1.165) is 22.5 Å². The summed E-state index contributed by atoms with van der Waals surface area (Å²) in [5.41, 5.74) is 6.38. The number of nitrogens with zero attached hydrogens (tertiary/aromatic N) is 1. The van der Waals surface area contributed by atoms with Gasteiger partial charge < -0.3 is 0 Å². The Morgan fingerprint density at radius 2 is 1.50 bits per heavy atom. The molecular weight excluding hydrogens is 412 g/mol. The summed E-state index contributed by atoms with van der Waals surface area (Å²) >= 11 is 1.58. The summed E-state index contributed by atoms with van der Waals surface area (Å²) in [4.78, 5) is 17.7. The lowest BCUT2D eigenvalue weighted by Gasteiger charge is -2.62. The van der Waals surface area contributed by atoms with Crippen LogP contribution in [0.1, 0.15) is 71.3 Å². The maximum atomic E-state index is 12.7. The van der Waals surface area contributed by atoms with Crippen LogP contribution in [0.25, 0.3) is 0 Å². The molecule has 4 aliphatic carbocycles. The van der Waals surface area contributed by atoms with Gasteiger partial charge in [0.15, 0.2) is 5.13 Å². The second-order valence-corrected chi connectivity index (χ2v) is 11.6. The monoisotopic (exact) mass is 442 g/mol. The van der Waals surface area contributed by atoms with Crippen LogP contribution in [0.3, 0.4) is 0 Å². The highest BCUT2D eigenvalue weighted by molar-refractivity contribution is 7.14. The molecule has 2 atom stereocenters. The van der Waals surface area contributed by atoms with Crippen molar-refractivity contribution in [2.24, 2.45) is 11.8 Å². The van der Waals surface area contributed by atoms with Gasteiger partial charge in [-0.25, -0.2) is 4.98 Å². The van der Waals surface area contributed by atoms with Gasteiger partial charge in [0.1, 0.15) is 0 Å². The largest absolute Gasteiger partial charge is 0.298 e. The molecule has 3 aromatic rings. The summed E-state index contributed by atoms with van der Waals surface area (Å²) in [5, 5.41) is 6.00. The molecule has 4 aliphatic rings. The lowest BCUT2D eigenvalue weighted by Crippen LogP contribution is -2.56. The predicted molar refractivity (Wildman–Crippen MR) is 130 cm³/mol. The summed E-state index contributed by atoms with van der Waals surface area (Å²) in [6, 6.07) is 17.0. The summed E-state index contributed by atoms with van der Waals surface area (Å²) in [5.74, 6) is 1.52. The predicted octanol–water partition coefficient (Wildman–Crippen LogP) is 6.80. The first kappa shape index (κ1) is 20.2. The summed E-state index contributed by atoms with van der Waals surface area (Å²) < 4.78 is 0. The first-order valence-corrected chi connectivity index (χ1v) is 12.7. The van der Waals surface area contributed by atoms with E-state index in [1.54, 1.807) is 11.3 Å². The third kappa shape index (κ3) is 3.31. The molecular formula is C28H30N2OS. The summed E-state index contributed by atoms with van der Waals surface area (Å²) in [6.45, 7) is 4.20. The standard InChI is InChI=1S/C28H30N2OS/c1-18-3-7-22(8-4-18)25(31)30-26-29-24(16-32-26)28-14-20-11-21(15-28)13-27(12-20,17-28)23-9-5-19(2)6-10-23/h3-10,16,20-21H,11-15,17H2,1-2H3,(H,29,30,31). The zero-order valence-electron chi connectivity index (χ0n) is 18.9. The number of benzene rings is 2. The molecule has 0 saturated heterocycles. The maximum Gasteiger partial charge on any atom is 0.257 e. The molecule has 1 amide bonds. The molecule has 4 fully saturated rings. The Morgan fingerprint density at radius 3 is 2.16 bits per heavy atom. The SMILES string of the molecule is Cc1ccc(C(=O)Nc2nc(C34CC5CC(CC(c6ccc(C)cc6)(C5)C3)C4)cs2)cc1. The van der Waals surface area contributed by atoms with Gasteiger partial charge in [0.25, 0.3) is 5.91 Å². The Morgan fingerprint density at radius 1 is 0.906 bits per heavy atom. The lowest BCUT2D eigenvalue weighted by atomic mass is 9.42. The number of aromatic nitrogens is 1. The van der Waals surface area contributed by atoms with Crippen LogP contribution in [0.4, 0.5) is 5.13 Å². The molecule has 4 heteroatoms. The fourth-order valence-electron chi connectivity index (χ4n) is 7.26. The molecule has 1 N–H and O–H groups in total. The number of aryl methyl sites for hydroxylation is 2. The Kier molecular flexibility index (Phi) is 4.59. The third-order valence-corrected chi connectivity index (χ3v) is 9.06. The number of carbonyl (C=O) groups is 1. The zero-order valence-corrected chi connectivity index (χ0v) is 19.7. The minimum absolute atomic E-state index is 0.0764. The van der Waals surface area contributed by atoms with Crippen LogP contribution in [-0.2, 0) is 10.8 Å². The van der Waals surface area contributed by atoms with E-state index >= 15 is 0 Å². The van der Waals surface area contributed by atoms with Gasteiger partial charge in [-0.2, -0.15) is 0 Å². The van der Waals surface area contributed by atoms with Gasteiger partial charge in [0.05, 0.1) is 5.69 Å². The van der Waals surface area contributed by atoms with E-state index < -0.39 is 0 Å². The van der Waals surface area contributed by atoms with E-state index in [0.29, 0.717) is 11.0 Å². The van der Waals surface area contributed by atoms with Crippen LogP contribution in [-0.4, -0.2) is 10.9 Å². The first-order chi connectivity index (χ1) is 15.4. The molecule has 0 spiro atoms. The summed E-state index contributed by atoms with van der Waals surface area (Å²) in [6.07, 6.45) is 7.75. The number of hydrogen-bond donors (Lipinski definition) is 1. The molecule has 3 nitrogen and oxygen atoms in total. The van der Waals surface area contributed by atoms with E-state index in [9.17, 15) is 4.79 Å². The molecule has 2 aromatic carbocycles. The van der Waals surface area contributed by atoms with Crippen molar-refractivity contribution >= 4 is 22.4 Å². The van der Waals surface area contributed by atoms with Gasteiger partial charge in [-0.3, -0.25) is 10.1 Å². The lowest BCUT2D eigenvalue weighted by molar-refractivity contribution is -0.0296. The van der Waals surface area contributed by atoms with Gasteiger partial charge >= 0.3 is 0 Å². The third-order valence-electron chi connectivity index (χ3n) is 8.31. The van der Waals surface area contributed by atoms with Gasteiger partial charge in [-0.05, 0) is 87.3 Å². The molecule has 1 heterocycles. The topological polar surface area (TPSA) is 42.0 Å². The highest BCUT2D eigenvalue weighted by Gasteiger charge is 2.59. The number of carbonyl (C=O) groups excluding carboxylic acids is 1. The molecule has 7 rings (SSSR count). The molecule has 4 bridgehead atoms. The minimum atomic E-state index is -0.0764. The Balaban J connectivity index is 1.28. The van der Waals surface area contributed by atoms with Crippen molar-refractivity contribution < 1.29 is 4.79 Å². The van der Waals surface area contributed by atoms with Crippen molar-refractivity contribution in [2.75, 3.05) is 5.32 Å². The smallest absolute Gasteiger partial charge is 0.257 e. The van der Waals surface area contributed by atoms with Crippen molar-refractivity contribution in [1.82, 2.24) is 4.98 Å². The van der Waals surface area contributed by atoms with E-state index in [1.165, 1.54) is 55.3 Å². The van der Waals surface area contributed by atoms with Gasteiger partial charge in [0, 0.05) is 16.4 Å². The van der Waals surface area contributed by atoms with E-state index in [2.05, 4.69) is 41.9 Å². The van der Waals surface area contributed by atoms with Crippen molar-refractivity contribution in [2.45, 2.75) is 63.2 Å². The molecule has 32 heavy (non-hydrogen) atoms. The number of amides is 1. The minimum Gasteiger partial charge on any atom is -0.298 e. The highest BCUT2D eigenvalue weighted by atomic mass is 32.1. The number of hydrogen-bond acceptors (Lipinski definition) is 3. The van der Waals surface area contributed by atoms with E-state index in [-0.39, 0.29) is 11.3 Å². The maximum absolute atomic E-state index is 12.7. The second-order valence-electron chi connectivity index (χ2n) is 10.7. The molecule has 2 unspecified atom stereocenters. The average molecular weight is 443 g/mol. The van der Waals surface area contributed by atoms with E-state index in [4.69, 9.17) is 4.98 Å². The second kappa shape index (κ2) is 7.28. The number of rotatable bonds is 4. The van der Waals surface area contributed by atoms with Crippen LogP contribution in [0.5, 0.6) is 0 Å². The normalized spacial score (nSPS) is 30.4. The highest BCUT2D eigenvalue weighted by Crippen LogP contribution is 2.66. The summed E-state index contributed by atoms with van der Waals surface area (Å²) in [7, 11) is 0. The molecule has 164 valence electrons. The van der Waals surface area contributed by atoms with Crippen LogP contribution in [0.2, 0.25) is 0 Å². The van der Waals surface area contributed by atoms with Crippen molar-refractivity contribution in [1.29, 1.82) is 0 Å². The van der Waals surface area contributed by atoms with Crippen LogP contribution in [0.15, 0.2) is 53.9 Å². The molecule has 4 saturated carbocycles. The van der Waals surface area contributed by atoms with Crippen molar-refractivity contribution in [3.63, 3.8) is 0 Å². The molecule has 0 aliphatic heterocycles. The Labute approximate surface area is 194 Å². The van der Waals surface area contributed by atoms with E-state index in [1.807, 2.05) is 31.2 Å². The van der Waals surface area contributed by atoms with Crippen LogP contribution < -0.4 is 5.32 Å². The van der Waals surface area contributed by atoms with Crippen molar-refractivity contribution in [3.05, 3.63) is 81.9 Å². The zero-order chi connectivity index (χ0) is 21.9. The van der Waals surface area contributed by atoms with Crippen LogP contribution in [0, 0.1) is 25.7 Å². The number of nitrogens with one attached hydrogen (secondary N) is 1. The Hall–Kier alpha value is -2.46. The average Bonchev–Trinajstić information content (AvgIpc) is 3.23. The quantitative estimate of drug-likeness (QED) is 0.483. The molecule has 0 radical (unpaired) electrons. The fraction of sp³-hybridized carbons (Fsp3) is 0.429. The molecule has 1 aromatic heterocycles. The van der Waals surface area contributed by atoms with Gasteiger partial charge in [-0.1, -0.05) is 47.5 Å². The van der Waals surface area contributed by atoms with Crippen LogP contribution >= 0.6 is 11.3 Å². The number of anilines is 1. The Bertz CT molecular complexity index is 1150. The first-order valence-electron chi connectivity index (χ1n) is 11.8. The van der Waals surface area contributed by atoms with Gasteiger partial charge in [0.2, 0.25) is 0 Å². The fourth-order valence-corrected chi connectivity index (χ4v) is 8.08. The van der Waals surface area contributed by atoms with Crippen molar-refractivity contribution in [3.8, 4) is 0 Å². The van der Waals surface area contributed by atoms with Gasteiger partial charge in [-0.15, -0.1) is 11.3 Å².